The molecule has 0 bridgehead atoms. The van der Waals surface area contributed by atoms with Gasteiger partial charge in [0.15, 0.2) is 0 Å². The van der Waals surface area contributed by atoms with E-state index in [1.54, 1.807) is 31.4 Å². The Hall–Kier alpha value is -1.84. The van der Waals surface area contributed by atoms with Gasteiger partial charge in [0.05, 0.1) is 7.11 Å². The fraction of sp³-hybridized carbons (Fsp3) is 0.467. The zero-order valence-electron chi connectivity index (χ0n) is 11.1. The number of amides is 1. The van der Waals surface area contributed by atoms with Crippen LogP contribution in [-0.4, -0.2) is 25.3 Å². The number of ketones is 1. The van der Waals surface area contributed by atoms with Gasteiger partial charge in [0.25, 0.3) is 5.91 Å². The predicted molar refractivity (Wildman–Crippen MR) is 72.3 cm³/mol. The number of methoxy groups -OCH3 is 1. The first-order valence-electron chi connectivity index (χ1n) is 6.65. The highest BCUT2D eigenvalue weighted by Crippen LogP contribution is 2.20. The van der Waals surface area contributed by atoms with Crippen molar-refractivity contribution in [3.05, 3.63) is 29.8 Å². The van der Waals surface area contributed by atoms with Crippen LogP contribution in [0.3, 0.4) is 0 Å². The van der Waals surface area contributed by atoms with E-state index >= 15 is 0 Å². The Morgan fingerprint density at radius 2 is 2.05 bits per heavy atom. The summed E-state index contributed by atoms with van der Waals surface area (Å²) in [6.07, 6.45) is 3.61. The standard InChI is InChI=1S/C15H19NO3/c1-19-13-8-6-11(7-9-13)15(18)16-10-12-4-2-3-5-14(12)17/h6-9,12H,2-5,10H2,1H3,(H,16,18). The van der Waals surface area contributed by atoms with E-state index in [1.165, 1.54) is 0 Å². The number of Topliss-reactive ketones (excluding diaryl/α,β-unsaturated/α-hetero) is 1. The average molecular weight is 261 g/mol. The first kappa shape index (κ1) is 13.6. The molecule has 0 saturated heterocycles. The van der Waals surface area contributed by atoms with Crippen LogP contribution in [-0.2, 0) is 4.79 Å². The number of carbonyl (C=O) groups excluding carboxylic acids is 2. The maximum atomic E-state index is 11.9. The maximum absolute atomic E-state index is 11.9. The fourth-order valence-corrected chi connectivity index (χ4v) is 2.33. The summed E-state index contributed by atoms with van der Waals surface area (Å²) >= 11 is 0. The van der Waals surface area contributed by atoms with E-state index in [4.69, 9.17) is 4.74 Å². The summed E-state index contributed by atoms with van der Waals surface area (Å²) < 4.78 is 5.04. The lowest BCUT2D eigenvalue weighted by Crippen LogP contribution is -2.34. The van der Waals surface area contributed by atoms with E-state index in [1.807, 2.05) is 0 Å². The van der Waals surface area contributed by atoms with E-state index in [2.05, 4.69) is 5.32 Å². The second-order valence-electron chi connectivity index (χ2n) is 4.85. The van der Waals surface area contributed by atoms with Gasteiger partial charge in [-0.05, 0) is 37.1 Å². The largest absolute Gasteiger partial charge is 0.497 e. The normalized spacial score (nSPS) is 19.0. The molecule has 4 heteroatoms. The van der Waals surface area contributed by atoms with Crippen molar-refractivity contribution in [3.63, 3.8) is 0 Å². The summed E-state index contributed by atoms with van der Waals surface area (Å²) in [7, 11) is 1.59. The van der Waals surface area contributed by atoms with Crippen LogP contribution in [0.15, 0.2) is 24.3 Å². The minimum Gasteiger partial charge on any atom is -0.497 e. The van der Waals surface area contributed by atoms with E-state index < -0.39 is 0 Å². The van der Waals surface area contributed by atoms with Crippen molar-refractivity contribution in [2.45, 2.75) is 25.7 Å². The molecule has 102 valence electrons. The topological polar surface area (TPSA) is 55.4 Å². The lowest BCUT2D eigenvalue weighted by molar-refractivity contribution is -0.124. The maximum Gasteiger partial charge on any atom is 0.251 e. The SMILES string of the molecule is COc1ccc(C(=O)NCC2CCCCC2=O)cc1. The van der Waals surface area contributed by atoms with E-state index in [9.17, 15) is 9.59 Å². The van der Waals surface area contributed by atoms with Crippen molar-refractivity contribution in [2.24, 2.45) is 5.92 Å². The van der Waals surface area contributed by atoms with Gasteiger partial charge in [-0.25, -0.2) is 0 Å². The lowest BCUT2D eigenvalue weighted by atomic mass is 9.88. The molecule has 19 heavy (non-hydrogen) atoms. The van der Waals surface area contributed by atoms with Crippen LogP contribution < -0.4 is 10.1 Å². The molecule has 1 unspecified atom stereocenters. The third-order valence-electron chi connectivity index (χ3n) is 3.54. The minimum absolute atomic E-state index is 0.00375. The Bertz CT molecular complexity index is 453. The number of rotatable bonds is 4. The van der Waals surface area contributed by atoms with Gasteiger partial charge in [-0.15, -0.1) is 0 Å². The molecule has 1 aromatic carbocycles. The molecule has 1 aliphatic rings. The Labute approximate surface area is 113 Å². The molecule has 0 spiro atoms. The molecule has 2 rings (SSSR count). The molecule has 0 radical (unpaired) electrons. The molecule has 1 aromatic rings. The Balaban J connectivity index is 1.87. The third kappa shape index (κ3) is 3.56. The van der Waals surface area contributed by atoms with Crippen LogP contribution in [0.4, 0.5) is 0 Å². The van der Waals surface area contributed by atoms with E-state index in [-0.39, 0.29) is 17.6 Å². The third-order valence-corrected chi connectivity index (χ3v) is 3.54. The van der Waals surface area contributed by atoms with Gasteiger partial charge in [0.2, 0.25) is 0 Å². The van der Waals surface area contributed by atoms with E-state index in [0.717, 1.165) is 25.0 Å². The number of carbonyl (C=O) groups is 2. The average Bonchev–Trinajstić information content (AvgIpc) is 2.46. The number of ether oxygens (including phenoxy) is 1. The summed E-state index contributed by atoms with van der Waals surface area (Å²) in [6, 6.07) is 6.94. The quantitative estimate of drug-likeness (QED) is 0.903. The second-order valence-corrected chi connectivity index (χ2v) is 4.85. The monoisotopic (exact) mass is 261 g/mol. The highest BCUT2D eigenvalue weighted by atomic mass is 16.5. The molecular formula is C15H19NO3. The van der Waals surface area contributed by atoms with E-state index in [0.29, 0.717) is 18.5 Å². The molecule has 0 aliphatic heterocycles. The molecule has 1 saturated carbocycles. The van der Waals surface area contributed by atoms with Crippen LogP contribution in [0.5, 0.6) is 5.75 Å². The molecular weight excluding hydrogens is 242 g/mol. The molecule has 1 aliphatic carbocycles. The number of nitrogens with one attached hydrogen (secondary N) is 1. The van der Waals surface area contributed by atoms with Crippen molar-refractivity contribution >= 4 is 11.7 Å². The van der Waals surface area contributed by atoms with Crippen LogP contribution in [0.2, 0.25) is 0 Å². The molecule has 1 amide bonds. The Morgan fingerprint density at radius 1 is 1.32 bits per heavy atom. The summed E-state index contributed by atoms with van der Waals surface area (Å²) in [4.78, 5) is 23.6. The first-order valence-corrected chi connectivity index (χ1v) is 6.65. The van der Waals surface area contributed by atoms with Crippen LogP contribution in [0, 0.1) is 5.92 Å². The Kier molecular flexibility index (Phi) is 4.55. The summed E-state index contributed by atoms with van der Waals surface area (Å²) in [5.41, 5.74) is 0.587. The van der Waals surface area contributed by atoms with Gasteiger partial charge >= 0.3 is 0 Å². The highest BCUT2D eigenvalue weighted by Gasteiger charge is 2.22. The van der Waals surface area contributed by atoms with Crippen molar-refractivity contribution < 1.29 is 14.3 Å². The molecule has 4 nitrogen and oxygen atoms in total. The van der Waals surface area contributed by atoms with Gasteiger partial charge in [-0.1, -0.05) is 6.42 Å². The first-order chi connectivity index (χ1) is 9.20. The minimum atomic E-state index is -0.138. The van der Waals surface area contributed by atoms with Crippen molar-refractivity contribution in [3.8, 4) is 5.75 Å². The van der Waals surface area contributed by atoms with Gasteiger partial charge in [-0.3, -0.25) is 9.59 Å². The van der Waals surface area contributed by atoms with Gasteiger partial charge in [-0.2, -0.15) is 0 Å². The number of benzene rings is 1. The number of hydrogen-bond donors (Lipinski definition) is 1. The van der Waals surface area contributed by atoms with Gasteiger partial charge in [0.1, 0.15) is 11.5 Å². The molecule has 1 N–H and O–H groups in total. The van der Waals surface area contributed by atoms with Gasteiger partial charge in [0, 0.05) is 24.4 Å². The second kappa shape index (κ2) is 6.36. The Morgan fingerprint density at radius 3 is 2.68 bits per heavy atom. The fourth-order valence-electron chi connectivity index (χ4n) is 2.33. The summed E-state index contributed by atoms with van der Waals surface area (Å²) in [5, 5.41) is 2.84. The molecule has 1 atom stereocenters. The molecule has 0 aromatic heterocycles. The zero-order valence-corrected chi connectivity index (χ0v) is 11.1. The highest BCUT2D eigenvalue weighted by molar-refractivity contribution is 5.94. The summed E-state index contributed by atoms with van der Waals surface area (Å²) in [6.45, 7) is 0.448. The van der Waals surface area contributed by atoms with Crippen molar-refractivity contribution in [2.75, 3.05) is 13.7 Å². The predicted octanol–water partition coefficient (Wildman–Crippen LogP) is 2.18. The molecule has 0 heterocycles. The van der Waals surface area contributed by atoms with Crippen molar-refractivity contribution in [1.82, 2.24) is 5.32 Å². The molecule has 1 fully saturated rings. The van der Waals surface area contributed by atoms with Crippen LogP contribution >= 0.6 is 0 Å². The van der Waals surface area contributed by atoms with Crippen molar-refractivity contribution in [1.29, 1.82) is 0 Å². The lowest BCUT2D eigenvalue weighted by Gasteiger charge is -2.20. The van der Waals surface area contributed by atoms with Gasteiger partial charge < -0.3 is 10.1 Å². The van der Waals surface area contributed by atoms with Crippen LogP contribution in [0.1, 0.15) is 36.0 Å². The van der Waals surface area contributed by atoms with Crippen LogP contribution in [0.25, 0.3) is 0 Å². The smallest absolute Gasteiger partial charge is 0.251 e. The zero-order chi connectivity index (χ0) is 13.7. The summed E-state index contributed by atoms with van der Waals surface area (Å²) in [5.74, 6) is 0.859. The number of hydrogen-bond acceptors (Lipinski definition) is 3.